The molecule has 1 atom stereocenters. The Morgan fingerprint density at radius 3 is 2.08 bits per heavy atom. The van der Waals surface area contributed by atoms with Gasteiger partial charge in [-0.1, -0.05) is 72.4 Å². The average molecular weight is 345 g/mol. The fraction of sp³-hybridized carbons (Fsp3) is 0.0952. The second-order valence-electron chi connectivity index (χ2n) is 5.90. The molecule has 3 aromatic carbocycles. The summed E-state index contributed by atoms with van der Waals surface area (Å²) in [5.41, 5.74) is 7.97. The van der Waals surface area contributed by atoms with Gasteiger partial charge in [-0.25, -0.2) is 0 Å². The smallest absolute Gasteiger partial charge is 0.126 e. The van der Waals surface area contributed by atoms with Crippen LogP contribution in [0.3, 0.4) is 0 Å². The summed E-state index contributed by atoms with van der Waals surface area (Å²) in [7, 11) is 2.09. The Morgan fingerprint density at radius 2 is 1.40 bits per heavy atom. The van der Waals surface area contributed by atoms with Crippen LogP contribution in [0.2, 0.25) is 0 Å². The molecule has 3 aromatic rings. The van der Waals surface area contributed by atoms with Gasteiger partial charge >= 0.3 is 0 Å². The third-order valence-electron chi connectivity index (χ3n) is 4.26. The monoisotopic (exact) mass is 345 g/mol. The van der Waals surface area contributed by atoms with Gasteiger partial charge in [-0.2, -0.15) is 5.10 Å². The van der Waals surface area contributed by atoms with Crippen molar-refractivity contribution in [2.24, 2.45) is 5.10 Å². The van der Waals surface area contributed by atoms with Crippen LogP contribution in [0.1, 0.15) is 16.5 Å². The lowest BCUT2D eigenvalue weighted by atomic mass is 10.2. The quantitative estimate of drug-likeness (QED) is 0.708. The van der Waals surface area contributed by atoms with Gasteiger partial charge in [0.2, 0.25) is 0 Å². The lowest BCUT2D eigenvalue weighted by molar-refractivity contribution is 0.744. The van der Waals surface area contributed by atoms with Gasteiger partial charge in [0, 0.05) is 24.0 Å². The van der Waals surface area contributed by atoms with E-state index in [-0.39, 0.29) is 5.37 Å². The minimum Gasteiger partial charge on any atom is -0.345 e. The Kier molecular flexibility index (Phi) is 4.44. The van der Waals surface area contributed by atoms with E-state index in [4.69, 9.17) is 0 Å². The molecule has 4 heteroatoms. The van der Waals surface area contributed by atoms with Crippen molar-refractivity contribution in [3.8, 4) is 0 Å². The fourth-order valence-corrected chi connectivity index (χ4v) is 3.81. The van der Waals surface area contributed by atoms with E-state index in [2.05, 4.69) is 83.1 Å². The second kappa shape index (κ2) is 7.03. The van der Waals surface area contributed by atoms with Crippen LogP contribution in [0.25, 0.3) is 0 Å². The third kappa shape index (κ3) is 3.39. The maximum absolute atomic E-state index is 4.49. The highest BCUT2D eigenvalue weighted by Crippen LogP contribution is 2.35. The van der Waals surface area contributed by atoms with Crippen molar-refractivity contribution >= 4 is 28.2 Å². The summed E-state index contributed by atoms with van der Waals surface area (Å²) >= 11 is 1.75. The normalized spacial score (nSPS) is 16.2. The molecule has 1 aliphatic heterocycles. The molecule has 0 saturated heterocycles. The number of hydrazone groups is 1. The molecule has 0 fully saturated rings. The largest absolute Gasteiger partial charge is 0.345 e. The molecule has 0 amide bonds. The molecule has 0 bridgehead atoms. The molecule has 25 heavy (non-hydrogen) atoms. The Bertz CT molecular complexity index is 861. The number of nitrogens with one attached hydrogen (secondary N) is 1. The third-order valence-corrected chi connectivity index (χ3v) is 5.42. The molecule has 124 valence electrons. The van der Waals surface area contributed by atoms with Crippen LogP contribution < -0.4 is 10.3 Å². The highest BCUT2D eigenvalue weighted by molar-refractivity contribution is 8.14. The van der Waals surface area contributed by atoms with E-state index in [1.807, 2.05) is 24.3 Å². The average Bonchev–Trinajstić information content (AvgIpc) is 3.19. The molecule has 0 saturated carbocycles. The van der Waals surface area contributed by atoms with Gasteiger partial charge in [0.1, 0.15) is 10.4 Å². The molecule has 1 heterocycles. The van der Waals surface area contributed by atoms with Crippen molar-refractivity contribution in [1.29, 1.82) is 0 Å². The Hall–Kier alpha value is -2.72. The predicted molar refractivity (Wildman–Crippen MR) is 107 cm³/mol. The van der Waals surface area contributed by atoms with E-state index in [0.717, 1.165) is 10.6 Å². The molecule has 1 N–H and O–H groups in total. The predicted octanol–water partition coefficient (Wildman–Crippen LogP) is 5.15. The topological polar surface area (TPSA) is 27.6 Å². The summed E-state index contributed by atoms with van der Waals surface area (Å²) in [5, 5.41) is 5.68. The van der Waals surface area contributed by atoms with Gasteiger partial charge in [0.05, 0.1) is 0 Å². The van der Waals surface area contributed by atoms with E-state index in [0.29, 0.717) is 0 Å². The number of anilines is 2. The van der Waals surface area contributed by atoms with Crippen LogP contribution in [0, 0.1) is 0 Å². The second-order valence-corrected chi connectivity index (χ2v) is 6.99. The number of hydrogen-bond donors (Lipinski definition) is 1. The summed E-state index contributed by atoms with van der Waals surface area (Å²) in [6.07, 6.45) is 0. The van der Waals surface area contributed by atoms with Gasteiger partial charge in [-0.15, -0.1) is 0 Å². The summed E-state index contributed by atoms with van der Waals surface area (Å²) < 4.78 is 0. The van der Waals surface area contributed by atoms with Gasteiger partial charge in [0.25, 0.3) is 0 Å². The molecule has 0 spiro atoms. The zero-order valence-electron chi connectivity index (χ0n) is 14.0. The summed E-state index contributed by atoms with van der Waals surface area (Å²) in [6, 6.07) is 29.3. The number of benzene rings is 3. The summed E-state index contributed by atoms with van der Waals surface area (Å²) in [5.74, 6) is 0. The van der Waals surface area contributed by atoms with E-state index >= 15 is 0 Å². The minimum atomic E-state index is 0.159. The standard InChI is InChI=1S/C21H19N3S/c1-24(18-10-6-3-7-11-18)19-14-12-17(13-15-19)21-23-22-20(25-21)16-8-4-2-5-9-16/h2-15,21,23H,1H3. The van der Waals surface area contributed by atoms with Crippen LogP contribution >= 0.6 is 11.8 Å². The van der Waals surface area contributed by atoms with E-state index < -0.39 is 0 Å². The summed E-state index contributed by atoms with van der Waals surface area (Å²) in [6.45, 7) is 0. The number of hydrogen-bond acceptors (Lipinski definition) is 4. The first-order valence-corrected chi connectivity index (χ1v) is 9.13. The highest BCUT2D eigenvalue weighted by Gasteiger charge is 2.22. The first-order chi connectivity index (χ1) is 12.3. The first kappa shape index (κ1) is 15.8. The van der Waals surface area contributed by atoms with Gasteiger partial charge in [-0.05, 0) is 29.8 Å². The summed E-state index contributed by atoms with van der Waals surface area (Å²) in [4.78, 5) is 2.19. The van der Waals surface area contributed by atoms with E-state index in [9.17, 15) is 0 Å². The Balaban J connectivity index is 1.47. The van der Waals surface area contributed by atoms with Gasteiger partial charge < -0.3 is 4.90 Å². The van der Waals surface area contributed by atoms with Crippen molar-refractivity contribution in [2.75, 3.05) is 11.9 Å². The Labute approximate surface area is 152 Å². The van der Waals surface area contributed by atoms with Gasteiger partial charge in [-0.3, -0.25) is 5.43 Å². The first-order valence-electron chi connectivity index (χ1n) is 8.25. The van der Waals surface area contributed by atoms with Crippen molar-refractivity contribution in [2.45, 2.75) is 5.37 Å². The maximum Gasteiger partial charge on any atom is 0.126 e. The van der Waals surface area contributed by atoms with Crippen molar-refractivity contribution < 1.29 is 0 Å². The van der Waals surface area contributed by atoms with Crippen LogP contribution in [-0.2, 0) is 0 Å². The van der Waals surface area contributed by atoms with Crippen molar-refractivity contribution in [3.63, 3.8) is 0 Å². The zero-order valence-corrected chi connectivity index (χ0v) is 14.8. The molecule has 1 unspecified atom stereocenters. The number of thioether (sulfide) groups is 1. The lowest BCUT2D eigenvalue weighted by Gasteiger charge is -2.20. The van der Waals surface area contributed by atoms with Crippen LogP contribution in [0.5, 0.6) is 0 Å². The molecule has 0 aromatic heterocycles. The molecule has 0 radical (unpaired) electrons. The molecule has 0 aliphatic carbocycles. The molecule has 1 aliphatic rings. The Morgan fingerprint density at radius 1 is 0.800 bits per heavy atom. The zero-order chi connectivity index (χ0) is 17.1. The van der Waals surface area contributed by atoms with E-state index in [1.54, 1.807) is 11.8 Å². The SMILES string of the molecule is CN(c1ccccc1)c1ccc(C2NN=C(c3ccccc3)S2)cc1. The molecule has 3 nitrogen and oxygen atoms in total. The molecule has 4 rings (SSSR count). The van der Waals surface area contributed by atoms with Crippen molar-refractivity contribution in [1.82, 2.24) is 5.43 Å². The lowest BCUT2D eigenvalue weighted by Crippen LogP contribution is -2.10. The fourth-order valence-electron chi connectivity index (χ4n) is 2.81. The van der Waals surface area contributed by atoms with Crippen LogP contribution in [-0.4, -0.2) is 12.1 Å². The number of rotatable bonds is 4. The minimum absolute atomic E-state index is 0.159. The molecular weight excluding hydrogens is 326 g/mol. The van der Waals surface area contributed by atoms with Crippen LogP contribution in [0.4, 0.5) is 11.4 Å². The highest BCUT2D eigenvalue weighted by atomic mass is 32.2. The van der Waals surface area contributed by atoms with Gasteiger partial charge in [0.15, 0.2) is 0 Å². The molecular formula is C21H19N3S. The van der Waals surface area contributed by atoms with E-state index in [1.165, 1.54) is 16.9 Å². The number of para-hydroxylation sites is 1. The maximum atomic E-state index is 4.49. The van der Waals surface area contributed by atoms with Crippen molar-refractivity contribution in [3.05, 3.63) is 96.1 Å². The number of nitrogens with zero attached hydrogens (tertiary/aromatic N) is 2. The van der Waals surface area contributed by atoms with Crippen LogP contribution in [0.15, 0.2) is 90.0 Å².